The van der Waals surface area contributed by atoms with Crippen molar-refractivity contribution in [1.82, 2.24) is 26.6 Å². The molecule has 0 bridgehead atoms. The Bertz CT molecular complexity index is 1590. The van der Waals surface area contributed by atoms with Gasteiger partial charge in [0, 0.05) is 38.2 Å². The van der Waals surface area contributed by atoms with E-state index in [1.807, 2.05) is 0 Å². The summed E-state index contributed by atoms with van der Waals surface area (Å²) in [5, 5.41) is 16.3. The van der Waals surface area contributed by atoms with E-state index in [1.165, 1.54) is 0 Å². The zero-order valence-electron chi connectivity index (χ0n) is 37.8. The monoisotopic (exact) mass is 902 g/mol. The zero-order valence-corrected chi connectivity index (χ0v) is 37.8. The van der Waals surface area contributed by atoms with Gasteiger partial charge in [-0.3, -0.25) is 24.0 Å². The number of hydrogen-bond acceptors (Lipinski definition) is 12. The maximum atomic E-state index is 13.4. The number of anilines is 1. The fraction of sp³-hybridized carbons (Fsp3) is 0.667. The van der Waals surface area contributed by atoms with Crippen LogP contribution in [-0.2, 0) is 47.7 Å². The molecule has 19 nitrogen and oxygen atoms in total. The zero-order chi connectivity index (χ0) is 46.8. The van der Waals surface area contributed by atoms with Crippen molar-refractivity contribution in [3.63, 3.8) is 0 Å². The molecule has 1 aliphatic carbocycles. The average Bonchev–Trinajstić information content (AvgIpc) is 3.24. The molecule has 64 heavy (non-hydrogen) atoms. The number of amides is 7. The molecule has 0 spiro atoms. The van der Waals surface area contributed by atoms with Crippen molar-refractivity contribution in [1.29, 1.82) is 0 Å². The molecule has 0 aliphatic heterocycles. The first-order valence-electron chi connectivity index (χ1n) is 22.4. The van der Waals surface area contributed by atoms with Gasteiger partial charge in [-0.25, -0.2) is 4.79 Å². The second kappa shape index (κ2) is 34.6. The SMILES string of the molecule is [CH2]c1ccc(NC(=O)[C@H](CCCNC(N)=O)NC(=O)[C@@H](NC(=O)[C@H](N)CCCCNC(=O)CCOCCOCCOCCOCCNC(=O)COC2C#CCCCCC2)C(C)C)cc1. The minimum atomic E-state index is -0.970. The molecule has 1 aromatic carbocycles. The van der Waals surface area contributed by atoms with Crippen molar-refractivity contribution in [2.45, 2.75) is 109 Å². The highest BCUT2D eigenvalue weighted by molar-refractivity contribution is 5.98. The van der Waals surface area contributed by atoms with Gasteiger partial charge in [0.05, 0.1) is 58.9 Å². The molecule has 19 heteroatoms. The third-order valence-electron chi connectivity index (χ3n) is 9.78. The first-order chi connectivity index (χ1) is 30.8. The fourth-order valence-electron chi connectivity index (χ4n) is 6.12. The third-order valence-corrected chi connectivity index (χ3v) is 9.78. The lowest BCUT2D eigenvalue weighted by Crippen LogP contribution is -2.56. The second-order valence-electron chi connectivity index (χ2n) is 15.6. The molecule has 2 rings (SSSR count). The van der Waals surface area contributed by atoms with Crippen LogP contribution in [0, 0.1) is 24.7 Å². The van der Waals surface area contributed by atoms with Gasteiger partial charge in [0.1, 0.15) is 24.8 Å². The summed E-state index contributed by atoms with van der Waals surface area (Å²) in [6, 6.07) is 3.33. The maximum Gasteiger partial charge on any atom is 0.312 e. The van der Waals surface area contributed by atoms with E-state index in [0.29, 0.717) is 90.7 Å². The standard InChI is InChI=1S/C45H73N8O11/c1-33(2)41(44(58)52-38(15-11-22-50-45(47)59)43(57)51-35-18-16-34(3)17-19-35)53-42(56)37(46)14-9-10-21-48-39(54)20-24-60-26-28-62-30-31-63-29-27-61-25-23-49-40(55)32-64-36-12-7-5-4-6-8-13-36/h16-19,33,36-38,41H,3-7,9-12,14-15,20-32,46H2,1-2H3,(H,48,54)(H,49,55)(H,51,57)(H,52,58)(H,53,56)(H3,47,50,59)/t36?,37-,38+,41+/m1/s1. The number of benzene rings is 1. The van der Waals surface area contributed by atoms with Crippen molar-refractivity contribution in [2.24, 2.45) is 17.4 Å². The molecule has 1 unspecified atom stereocenters. The number of urea groups is 1. The average molecular weight is 902 g/mol. The van der Waals surface area contributed by atoms with Gasteiger partial charge in [0.15, 0.2) is 0 Å². The van der Waals surface area contributed by atoms with Crippen molar-refractivity contribution in [2.75, 3.05) is 84.4 Å². The lowest BCUT2D eigenvalue weighted by atomic mass is 10.0. The molecule has 7 amide bonds. The van der Waals surface area contributed by atoms with Crippen LogP contribution in [0.25, 0.3) is 0 Å². The number of carbonyl (C=O) groups is 6. The minimum Gasteiger partial charge on any atom is -0.379 e. The summed E-state index contributed by atoms with van der Waals surface area (Å²) in [6.45, 7) is 11.2. The Kier molecular flexibility index (Phi) is 29.9. The van der Waals surface area contributed by atoms with Crippen LogP contribution in [0.5, 0.6) is 0 Å². The van der Waals surface area contributed by atoms with Crippen molar-refractivity contribution in [3.8, 4) is 11.8 Å². The minimum absolute atomic E-state index is 0.00827. The maximum absolute atomic E-state index is 13.4. The van der Waals surface area contributed by atoms with Crippen molar-refractivity contribution >= 4 is 41.3 Å². The molecule has 0 heterocycles. The van der Waals surface area contributed by atoms with Crippen LogP contribution in [0.3, 0.4) is 0 Å². The van der Waals surface area contributed by atoms with Crippen molar-refractivity contribution in [3.05, 3.63) is 36.8 Å². The summed E-state index contributed by atoms with van der Waals surface area (Å²) < 4.78 is 27.5. The Morgan fingerprint density at radius 1 is 0.719 bits per heavy atom. The highest BCUT2D eigenvalue weighted by atomic mass is 16.6. The molecule has 4 atom stereocenters. The largest absolute Gasteiger partial charge is 0.379 e. The van der Waals surface area contributed by atoms with Gasteiger partial charge in [-0.1, -0.05) is 38.3 Å². The van der Waals surface area contributed by atoms with E-state index in [1.54, 1.807) is 38.1 Å². The van der Waals surface area contributed by atoms with E-state index in [4.69, 9.17) is 35.2 Å². The number of carbonyl (C=O) groups excluding carboxylic acids is 6. The molecule has 10 N–H and O–H groups in total. The highest BCUT2D eigenvalue weighted by Crippen LogP contribution is 2.13. The summed E-state index contributed by atoms with van der Waals surface area (Å²) in [5.74, 6) is 3.98. The van der Waals surface area contributed by atoms with Crippen LogP contribution in [0.4, 0.5) is 10.5 Å². The summed E-state index contributed by atoms with van der Waals surface area (Å²) >= 11 is 0. The lowest BCUT2D eigenvalue weighted by Gasteiger charge is -2.26. The molecule has 0 saturated carbocycles. The summed E-state index contributed by atoms with van der Waals surface area (Å²) in [5.41, 5.74) is 12.6. The highest BCUT2D eigenvalue weighted by Gasteiger charge is 2.30. The molecule has 1 aromatic rings. The van der Waals surface area contributed by atoms with Gasteiger partial charge >= 0.3 is 6.03 Å². The van der Waals surface area contributed by atoms with Crippen LogP contribution < -0.4 is 43.4 Å². The molecular weight excluding hydrogens is 829 g/mol. The Morgan fingerprint density at radius 2 is 1.36 bits per heavy atom. The first-order valence-corrected chi connectivity index (χ1v) is 22.4. The van der Waals surface area contributed by atoms with Gasteiger partial charge in [0.25, 0.3) is 0 Å². The molecule has 1 radical (unpaired) electrons. The fourth-order valence-corrected chi connectivity index (χ4v) is 6.12. The van der Waals surface area contributed by atoms with Crippen LogP contribution >= 0.6 is 0 Å². The predicted molar refractivity (Wildman–Crippen MR) is 241 cm³/mol. The number of primary amides is 1. The van der Waals surface area contributed by atoms with Gasteiger partial charge in [-0.15, -0.1) is 5.92 Å². The van der Waals surface area contributed by atoms with Gasteiger partial charge in [-0.2, -0.15) is 0 Å². The summed E-state index contributed by atoms with van der Waals surface area (Å²) in [6.07, 6.45) is 7.11. The number of hydrogen-bond donors (Lipinski definition) is 8. The van der Waals surface area contributed by atoms with E-state index in [-0.39, 0.29) is 56.4 Å². The third kappa shape index (κ3) is 27.4. The molecule has 0 fully saturated rings. The molecule has 359 valence electrons. The summed E-state index contributed by atoms with van der Waals surface area (Å²) in [7, 11) is 0. The van der Waals surface area contributed by atoms with Crippen LogP contribution in [0.1, 0.15) is 90.0 Å². The Hall–Kier alpha value is -4.84. The van der Waals surface area contributed by atoms with Crippen molar-refractivity contribution < 1.29 is 52.5 Å². The van der Waals surface area contributed by atoms with E-state index in [9.17, 15) is 28.8 Å². The Morgan fingerprint density at radius 3 is 2.03 bits per heavy atom. The predicted octanol–water partition coefficient (Wildman–Crippen LogP) is 1.42. The topological polar surface area (TPSA) is 273 Å². The van der Waals surface area contributed by atoms with Gasteiger partial charge in [-0.05, 0) is 81.9 Å². The van der Waals surface area contributed by atoms with Crippen LogP contribution in [0.15, 0.2) is 24.3 Å². The van der Waals surface area contributed by atoms with Crippen LogP contribution in [0.2, 0.25) is 0 Å². The second-order valence-corrected chi connectivity index (χ2v) is 15.6. The number of nitrogens with one attached hydrogen (secondary N) is 6. The van der Waals surface area contributed by atoms with Crippen LogP contribution in [-0.4, -0.2) is 139 Å². The van der Waals surface area contributed by atoms with E-state index < -0.39 is 41.9 Å². The first kappa shape index (κ1) is 55.3. The Labute approximate surface area is 378 Å². The molecular formula is C45H73N8O11. The molecule has 0 saturated heterocycles. The number of ether oxygens (including phenoxy) is 5. The van der Waals surface area contributed by atoms with Gasteiger partial charge in [0.2, 0.25) is 29.5 Å². The van der Waals surface area contributed by atoms with E-state index in [0.717, 1.165) is 37.7 Å². The van der Waals surface area contributed by atoms with E-state index in [2.05, 4.69) is 50.7 Å². The molecule has 1 aliphatic rings. The quantitative estimate of drug-likeness (QED) is 0.0361. The molecule has 0 aromatic heterocycles. The number of unbranched alkanes of at least 4 members (excludes halogenated alkanes) is 1. The number of rotatable bonds is 34. The normalized spacial score (nSPS) is 15.0. The van der Waals surface area contributed by atoms with Gasteiger partial charge < -0.3 is 67.1 Å². The number of nitrogens with two attached hydrogens (primary N) is 2. The smallest absolute Gasteiger partial charge is 0.312 e. The lowest BCUT2D eigenvalue weighted by molar-refractivity contribution is -0.132. The van der Waals surface area contributed by atoms with E-state index >= 15 is 0 Å². The summed E-state index contributed by atoms with van der Waals surface area (Å²) in [4.78, 5) is 74.9. The Balaban J connectivity index is 1.49.